The average molecular weight is 446 g/mol. The second-order valence-electron chi connectivity index (χ2n) is 9.90. The molecule has 176 valence electrons. The molecule has 3 unspecified atom stereocenters. The number of carbonyl (C=O) groups is 1. The number of rotatable bonds is 5. The fourth-order valence-corrected chi connectivity index (χ4v) is 6.41. The summed E-state index contributed by atoms with van der Waals surface area (Å²) in [5.41, 5.74) is -0.214. The standard InChI is InChI=1S/C24H35N3O5/c1-27-13-5-6-17(27)16-30-22-25-12-8-19(26-22)20(28)18-7-4-10-23(21(18)29)9-2-3-11-24(23)31-14-15-32-24/h8,12,17-18,20,28H,2-7,9-11,13-16H2,1H3/t17-,18?,20?,23?/m0/s1. The Morgan fingerprint density at radius 1 is 1.19 bits per heavy atom. The highest BCUT2D eigenvalue weighted by atomic mass is 16.7. The lowest BCUT2D eigenvalue weighted by atomic mass is 9.57. The topological polar surface area (TPSA) is 94.0 Å². The number of aliphatic hydroxyl groups is 1. The number of aromatic nitrogens is 2. The Hall–Kier alpha value is -1.61. The molecule has 1 aromatic heterocycles. The molecule has 5 rings (SSSR count). The zero-order chi connectivity index (χ0) is 22.2. The first kappa shape index (κ1) is 22.2. The summed E-state index contributed by atoms with van der Waals surface area (Å²) in [4.78, 5) is 24.9. The smallest absolute Gasteiger partial charge is 0.316 e. The minimum atomic E-state index is -0.987. The van der Waals surface area contributed by atoms with E-state index in [2.05, 4.69) is 21.9 Å². The van der Waals surface area contributed by atoms with Crippen molar-refractivity contribution in [1.29, 1.82) is 0 Å². The summed E-state index contributed by atoms with van der Waals surface area (Å²) < 4.78 is 18.1. The van der Waals surface area contributed by atoms with Crippen LogP contribution in [0.5, 0.6) is 6.01 Å². The number of hydrogen-bond acceptors (Lipinski definition) is 8. The van der Waals surface area contributed by atoms with E-state index in [4.69, 9.17) is 14.2 Å². The molecule has 2 saturated heterocycles. The molecule has 4 atom stereocenters. The van der Waals surface area contributed by atoms with Crippen LogP contribution in [0.4, 0.5) is 0 Å². The van der Waals surface area contributed by atoms with Crippen molar-refractivity contribution >= 4 is 5.78 Å². The highest BCUT2D eigenvalue weighted by Crippen LogP contribution is 2.57. The highest BCUT2D eigenvalue weighted by molar-refractivity contribution is 5.89. The summed E-state index contributed by atoms with van der Waals surface area (Å²) in [5.74, 6) is -1.25. The van der Waals surface area contributed by atoms with Gasteiger partial charge in [0.1, 0.15) is 18.5 Å². The first-order valence-corrected chi connectivity index (χ1v) is 12.2. The highest BCUT2D eigenvalue weighted by Gasteiger charge is 2.63. The molecule has 4 aliphatic rings. The van der Waals surface area contributed by atoms with Crippen LogP contribution >= 0.6 is 0 Å². The van der Waals surface area contributed by atoms with E-state index in [1.165, 1.54) is 6.42 Å². The van der Waals surface area contributed by atoms with E-state index in [9.17, 15) is 9.90 Å². The van der Waals surface area contributed by atoms with Crippen LogP contribution in [0.1, 0.15) is 69.6 Å². The van der Waals surface area contributed by atoms with Gasteiger partial charge in [-0.2, -0.15) is 4.98 Å². The van der Waals surface area contributed by atoms with Crippen molar-refractivity contribution in [3.05, 3.63) is 18.0 Å². The van der Waals surface area contributed by atoms with E-state index in [1.54, 1.807) is 12.3 Å². The van der Waals surface area contributed by atoms with E-state index >= 15 is 0 Å². The largest absolute Gasteiger partial charge is 0.462 e. The van der Waals surface area contributed by atoms with Gasteiger partial charge in [-0.15, -0.1) is 0 Å². The minimum absolute atomic E-state index is 0.0755. The van der Waals surface area contributed by atoms with E-state index in [-0.39, 0.29) is 11.8 Å². The number of ether oxygens (including phenoxy) is 3. The van der Waals surface area contributed by atoms with Gasteiger partial charge in [0, 0.05) is 18.7 Å². The van der Waals surface area contributed by atoms with Crippen LogP contribution in [-0.2, 0) is 14.3 Å². The lowest BCUT2D eigenvalue weighted by Gasteiger charge is -2.52. The van der Waals surface area contributed by atoms with Crippen LogP contribution < -0.4 is 4.74 Å². The van der Waals surface area contributed by atoms with Gasteiger partial charge in [0.15, 0.2) is 5.79 Å². The first-order chi connectivity index (χ1) is 15.5. The Morgan fingerprint density at radius 3 is 2.75 bits per heavy atom. The van der Waals surface area contributed by atoms with Gasteiger partial charge in [0.05, 0.1) is 30.2 Å². The van der Waals surface area contributed by atoms with Gasteiger partial charge in [-0.05, 0) is 58.2 Å². The Labute approximate surface area is 189 Å². The molecule has 8 heteroatoms. The monoisotopic (exact) mass is 445 g/mol. The van der Waals surface area contributed by atoms with E-state index < -0.39 is 23.2 Å². The molecule has 0 bridgehead atoms. The number of likely N-dealkylation sites (tertiary alicyclic amines) is 1. The summed E-state index contributed by atoms with van der Waals surface area (Å²) >= 11 is 0. The van der Waals surface area contributed by atoms with Gasteiger partial charge in [-0.1, -0.05) is 12.8 Å². The maximum Gasteiger partial charge on any atom is 0.316 e. The van der Waals surface area contributed by atoms with Gasteiger partial charge < -0.3 is 24.2 Å². The zero-order valence-electron chi connectivity index (χ0n) is 19.0. The zero-order valence-corrected chi connectivity index (χ0v) is 19.0. The molecule has 1 aromatic rings. The van der Waals surface area contributed by atoms with Crippen LogP contribution in [-0.4, -0.2) is 71.0 Å². The summed E-state index contributed by atoms with van der Waals surface area (Å²) in [6.45, 7) is 2.67. The average Bonchev–Trinajstić information content (AvgIpc) is 3.45. The molecule has 8 nitrogen and oxygen atoms in total. The fourth-order valence-electron chi connectivity index (χ4n) is 6.41. The van der Waals surface area contributed by atoms with Crippen LogP contribution in [0.2, 0.25) is 0 Å². The lowest BCUT2D eigenvalue weighted by molar-refractivity contribution is -0.257. The second kappa shape index (κ2) is 8.97. The van der Waals surface area contributed by atoms with Crippen molar-refractivity contribution in [2.75, 3.05) is 33.4 Å². The predicted octanol–water partition coefficient (Wildman–Crippen LogP) is 2.66. The lowest BCUT2D eigenvalue weighted by Crippen LogP contribution is -2.59. The molecule has 4 fully saturated rings. The molecule has 2 aliphatic carbocycles. The Morgan fingerprint density at radius 2 is 1.97 bits per heavy atom. The predicted molar refractivity (Wildman–Crippen MR) is 116 cm³/mol. The third-order valence-electron chi connectivity index (χ3n) is 8.18. The summed E-state index contributed by atoms with van der Waals surface area (Å²) in [6.07, 6.45) is 8.68. The molecule has 0 radical (unpaired) electrons. The summed E-state index contributed by atoms with van der Waals surface area (Å²) in [6, 6.07) is 2.31. The number of carbonyl (C=O) groups excluding carboxylic acids is 1. The van der Waals surface area contributed by atoms with Crippen molar-refractivity contribution in [3.63, 3.8) is 0 Å². The second-order valence-corrected chi connectivity index (χ2v) is 9.90. The molecule has 0 amide bonds. The number of fused-ring (bicyclic) bond motifs is 1. The van der Waals surface area contributed by atoms with Crippen molar-refractivity contribution in [2.45, 2.75) is 75.7 Å². The normalized spacial score (nSPS) is 33.8. The van der Waals surface area contributed by atoms with Crippen molar-refractivity contribution in [2.24, 2.45) is 11.3 Å². The Balaban J connectivity index is 1.33. The Bertz CT molecular complexity index is 826. The molecule has 32 heavy (non-hydrogen) atoms. The van der Waals surface area contributed by atoms with Crippen molar-refractivity contribution in [1.82, 2.24) is 14.9 Å². The molecular weight excluding hydrogens is 410 g/mol. The molecule has 2 aliphatic heterocycles. The molecule has 0 aromatic carbocycles. The number of Topliss-reactive ketones (excluding diaryl/α,β-unsaturated/α-hetero) is 1. The number of aliphatic hydroxyl groups excluding tert-OH is 1. The molecular formula is C24H35N3O5. The fraction of sp³-hybridized carbons (Fsp3) is 0.792. The molecule has 3 heterocycles. The van der Waals surface area contributed by atoms with Crippen LogP contribution in [0.3, 0.4) is 0 Å². The van der Waals surface area contributed by atoms with Gasteiger partial charge in [0.2, 0.25) is 0 Å². The molecule has 1 N–H and O–H groups in total. The number of nitrogens with zero attached hydrogens (tertiary/aromatic N) is 3. The van der Waals surface area contributed by atoms with Crippen LogP contribution in [0, 0.1) is 11.3 Å². The van der Waals surface area contributed by atoms with Gasteiger partial charge in [-0.3, -0.25) is 4.79 Å². The van der Waals surface area contributed by atoms with Crippen molar-refractivity contribution in [3.8, 4) is 6.01 Å². The maximum atomic E-state index is 13.9. The van der Waals surface area contributed by atoms with Crippen LogP contribution in [0.25, 0.3) is 0 Å². The van der Waals surface area contributed by atoms with Crippen LogP contribution in [0.15, 0.2) is 12.3 Å². The van der Waals surface area contributed by atoms with Crippen molar-refractivity contribution < 1.29 is 24.1 Å². The Kier molecular flexibility index (Phi) is 6.22. The number of likely N-dealkylation sites (N-methyl/N-ethyl adjacent to an activating group) is 1. The minimum Gasteiger partial charge on any atom is -0.462 e. The summed E-state index contributed by atoms with van der Waals surface area (Å²) in [7, 11) is 2.10. The summed E-state index contributed by atoms with van der Waals surface area (Å²) in [5, 5.41) is 11.3. The van der Waals surface area contributed by atoms with E-state index in [0.717, 1.165) is 51.5 Å². The van der Waals surface area contributed by atoms with E-state index in [0.29, 0.717) is 38.0 Å². The van der Waals surface area contributed by atoms with Gasteiger partial charge in [-0.25, -0.2) is 4.98 Å². The van der Waals surface area contributed by atoms with Gasteiger partial charge in [0.25, 0.3) is 0 Å². The van der Waals surface area contributed by atoms with Gasteiger partial charge >= 0.3 is 6.01 Å². The molecule has 2 saturated carbocycles. The number of hydrogen-bond donors (Lipinski definition) is 1. The number of ketones is 1. The maximum absolute atomic E-state index is 13.9. The third kappa shape index (κ3) is 3.75. The SMILES string of the molecule is CN1CCC[C@H]1COc1nccc(C(O)C2CCCC3(CCCCC34OCCO4)C2=O)n1. The third-order valence-corrected chi connectivity index (χ3v) is 8.18. The quantitative estimate of drug-likeness (QED) is 0.739. The molecule has 2 spiro atoms. The first-order valence-electron chi connectivity index (χ1n) is 12.2. The van der Waals surface area contributed by atoms with E-state index in [1.807, 2.05) is 0 Å².